The van der Waals surface area contributed by atoms with Gasteiger partial charge in [-0.2, -0.15) is 5.10 Å². The maximum absolute atomic E-state index is 6.04. The van der Waals surface area contributed by atoms with Gasteiger partial charge in [0, 0.05) is 11.7 Å². The molecule has 0 amide bonds. The number of hydrogen-bond donors (Lipinski definition) is 1. The van der Waals surface area contributed by atoms with Crippen LogP contribution < -0.4 is 5.73 Å². The molecule has 0 aliphatic carbocycles. The molecule has 0 fully saturated rings. The van der Waals surface area contributed by atoms with Crippen LogP contribution >= 0.6 is 0 Å². The molecule has 0 aliphatic heterocycles. The lowest BCUT2D eigenvalue weighted by molar-refractivity contribution is 0.766. The van der Waals surface area contributed by atoms with Gasteiger partial charge in [0.05, 0.1) is 11.4 Å². The smallest absolute Gasteiger partial charge is 0.0696 e. The predicted octanol–water partition coefficient (Wildman–Crippen LogP) is 3.07. The summed E-state index contributed by atoms with van der Waals surface area (Å²) in [5, 5.41) is 4.66. The Hall–Kier alpha value is -1.61. The molecule has 18 heavy (non-hydrogen) atoms. The van der Waals surface area contributed by atoms with Crippen LogP contribution in [0.15, 0.2) is 24.3 Å². The summed E-state index contributed by atoms with van der Waals surface area (Å²) in [5.74, 6) is 0. The number of nitrogens with two attached hydrogens (primary N) is 1. The first-order valence-electron chi connectivity index (χ1n) is 6.46. The summed E-state index contributed by atoms with van der Waals surface area (Å²) >= 11 is 0. The number of benzene rings is 1. The second kappa shape index (κ2) is 4.94. The van der Waals surface area contributed by atoms with Crippen molar-refractivity contribution in [3.8, 4) is 5.69 Å². The number of aromatic nitrogens is 2. The SMILES string of the molecule is CCc1c(C)nn(-c2ccccc2[C@H](C)N)c1C. The summed E-state index contributed by atoms with van der Waals surface area (Å²) in [4.78, 5) is 0. The molecule has 0 bridgehead atoms. The Kier molecular flexibility index (Phi) is 3.53. The van der Waals surface area contributed by atoms with Crippen molar-refractivity contribution in [1.29, 1.82) is 0 Å². The lowest BCUT2D eigenvalue weighted by atomic mass is 10.1. The highest BCUT2D eigenvalue weighted by Gasteiger charge is 2.14. The first-order chi connectivity index (χ1) is 8.56. The number of para-hydroxylation sites is 1. The van der Waals surface area contributed by atoms with Crippen LogP contribution in [0.3, 0.4) is 0 Å². The molecule has 0 saturated heterocycles. The lowest BCUT2D eigenvalue weighted by Crippen LogP contribution is -2.11. The Bertz CT molecular complexity index is 553. The molecule has 0 radical (unpaired) electrons. The minimum absolute atomic E-state index is 0.00943. The molecule has 2 aromatic rings. The Morgan fingerprint density at radius 2 is 1.94 bits per heavy atom. The molecule has 0 aliphatic rings. The van der Waals surface area contributed by atoms with Crippen molar-refractivity contribution >= 4 is 0 Å². The van der Waals surface area contributed by atoms with Gasteiger partial charge in [-0.05, 0) is 44.4 Å². The van der Waals surface area contributed by atoms with Crippen LogP contribution in [0.4, 0.5) is 0 Å². The van der Waals surface area contributed by atoms with E-state index in [0.29, 0.717) is 0 Å². The maximum atomic E-state index is 6.04. The van der Waals surface area contributed by atoms with Crippen LogP contribution in [0.5, 0.6) is 0 Å². The highest BCUT2D eigenvalue weighted by atomic mass is 15.3. The van der Waals surface area contributed by atoms with Crippen molar-refractivity contribution in [2.24, 2.45) is 5.73 Å². The van der Waals surface area contributed by atoms with Gasteiger partial charge in [0.2, 0.25) is 0 Å². The molecule has 1 heterocycles. The van der Waals surface area contributed by atoms with Gasteiger partial charge < -0.3 is 5.73 Å². The third-order valence-electron chi connectivity index (χ3n) is 3.45. The zero-order chi connectivity index (χ0) is 13.3. The molecule has 2 rings (SSSR count). The second-order valence-electron chi connectivity index (χ2n) is 4.76. The summed E-state index contributed by atoms with van der Waals surface area (Å²) in [6.45, 7) is 8.36. The first kappa shape index (κ1) is 12.8. The molecule has 96 valence electrons. The fraction of sp³-hybridized carbons (Fsp3) is 0.400. The third-order valence-corrected chi connectivity index (χ3v) is 3.45. The molecule has 0 spiro atoms. The van der Waals surface area contributed by atoms with Crippen LogP contribution in [-0.4, -0.2) is 9.78 Å². The molecule has 1 aromatic heterocycles. The third kappa shape index (κ3) is 2.06. The average molecular weight is 243 g/mol. The average Bonchev–Trinajstić information content (AvgIpc) is 2.64. The number of aryl methyl sites for hydroxylation is 1. The van der Waals surface area contributed by atoms with Gasteiger partial charge >= 0.3 is 0 Å². The Labute approximate surface area is 109 Å². The summed E-state index contributed by atoms with van der Waals surface area (Å²) in [5.41, 5.74) is 11.9. The fourth-order valence-electron chi connectivity index (χ4n) is 2.49. The van der Waals surface area contributed by atoms with Crippen molar-refractivity contribution < 1.29 is 0 Å². The molecule has 0 saturated carbocycles. The van der Waals surface area contributed by atoms with E-state index in [4.69, 9.17) is 5.73 Å². The molecule has 3 nitrogen and oxygen atoms in total. The van der Waals surface area contributed by atoms with Crippen molar-refractivity contribution in [1.82, 2.24) is 9.78 Å². The zero-order valence-electron chi connectivity index (χ0n) is 11.6. The van der Waals surface area contributed by atoms with E-state index in [-0.39, 0.29) is 6.04 Å². The minimum atomic E-state index is 0.00943. The van der Waals surface area contributed by atoms with E-state index in [1.165, 1.54) is 11.3 Å². The van der Waals surface area contributed by atoms with E-state index in [1.807, 2.05) is 23.7 Å². The molecule has 1 atom stereocenters. The number of nitrogens with zero attached hydrogens (tertiary/aromatic N) is 2. The van der Waals surface area contributed by atoms with E-state index < -0.39 is 0 Å². The van der Waals surface area contributed by atoms with Gasteiger partial charge in [0.15, 0.2) is 0 Å². The standard InChI is InChI=1S/C15H21N3/c1-5-13-11(3)17-18(12(13)4)15-9-7-6-8-14(15)10(2)16/h6-10H,5,16H2,1-4H3/t10-/m0/s1. The van der Waals surface area contributed by atoms with E-state index in [0.717, 1.165) is 23.4 Å². The van der Waals surface area contributed by atoms with Gasteiger partial charge in [0.25, 0.3) is 0 Å². The van der Waals surface area contributed by atoms with Gasteiger partial charge in [-0.25, -0.2) is 4.68 Å². The molecule has 2 N–H and O–H groups in total. The largest absolute Gasteiger partial charge is 0.324 e. The van der Waals surface area contributed by atoms with Gasteiger partial charge in [-0.15, -0.1) is 0 Å². The Morgan fingerprint density at radius 1 is 1.28 bits per heavy atom. The fourth-order valence-corrected chi connectivity index (χ4v) is 2.49. The first-order valence-corrected chi connectivity index (χ1v) is 6.46. The minimum Gasteiger partial charge on any atom is -0.324 e. The number of rotatable bonds is 3. The molecular weight excluding hydrogens is 222 g/mol. The van der Waals surface area contributed by atoms with Crippen molar-refractivity contribution in [3.05, 3.63) is 46.8 Å². The van der Waals surface area contributed by atoms with Gasteiger partial charge in [-0.3, -0.25) is 0 Å². The zero-order valence-corrected chi connectivity index (χ0v) is 11.6. The second-order valence-corrected chi connectivity index (χ2v) is 4.76. The molecule has 3 heteroatoms. The van der Waals surface area contributed by atoms with Gasteiger partial charge in [0.1, 0.15) is 0 Å². The van der Waals surface area contributed by atoms with E-state index in [1.54, 1.807) is 0 Å². The molecule has 0 unspecified atom stereocenters. The van der Waals surface area contributed by atoms with Crippen LogP contribution in [0.2, 0.25) is 0 Å². The van der Waals surface area contributed by atoms with Crippen LogP contribution in [0.25, 0.3) is 5.69 Å². The van der Waals surface area contributed by atoms with E-state index >= 15 is 0 Å². The summed E-state index contributed by atoms with van der Waals surface area (Å²) in [6, 6.07) is 8.22. The Morgan fingerprint density at radius 3 is 2.50 bits per heavy atom. The van der Waals surface area contributed by atoms with E-state index in [2.05, 4.69) is 38.0 Å². The number of hydrogen-bond acceptors (Lipinski definition) is 2. The van der Waals surface area contributed by atoms with Crippen molar-refractivity contribution in [3.63, 3.8) is 0 Å². The highest BCUT2D eigenvalue weighted by Crippen LogP contribution is 2.23. The van der Waals surface area contributed by atoms with E-state index in [9.17, 15) is 0 Å². The van der Waals surface area contributed by atoms with Crippen molar-refractivity contribution in [2.45, 2.75) is 40.2 Å². The normalized spacial score (nSPS) is 12.7. The maximum Gasteiger partial charge on any atom is 0.0696 e. The van der Waals surface area contributed by atoms with Crippen molar-refractivity contribution in [2.75, 3.05) is 0 Å². The van der Waals surface area contributed by atoms with Crippen LogP contribution in [-0.2, 0) is 6.42 Å². The summed E-state index contributed by atoms with van der Waals surface area (Å²) < 4.78 is 2.02. The summed E-state index contributed by atoms with van der Waals surface area (Å²) in [6.07, 6.45) is 1.01. The summed E-state index contributed by atoms with van der Waals surface area (Å²) in [7, 11) is 0. The lowest BCUT2D eigenvalue weighted by Gasteiger charge is -2.14. The topological polar surface area (TPSA) is 43.8 Å². The van der Waals surface area contributed by atoms with Gasteiger partial charge in [-0.1, -0.05) is 25.1 Å². The predicted molar refractivity (Wildman–Crippen MR) is 75.0 cm³/mol. The highest BCUT2D eigenvalue weighted by molar-refractivity contribution is 5.45. The van der Waals surface area contributed by atoms with Crippen LogP contribution in [0.1, 0.15) is 42.4 Å². The monoisotopic (exact) mass is 243 g/mol. The molecular formula is C15H21N3. The van der Waals surface area contributed by atoms with Crippen LogP contribution in [0, 0.1) is 13.8 Å². The molecule has 1 aromatic carbocycles. The quantitative estimate of drug-likeness (QED) is 0.900. The Balaban J connectivity index is 2.63.